The standard InChI is InChI=1S/C18H20N2O5S/c1-2-25-17(21)12-13-19-18(22)14-8-10-15(11-9-14)20-26(23,24)16-6-4-3-5-7-16/h3-11,20H,2,12-13H2,1H3,(H,19,22). The van der Waals surface area contributed by atoms with E-state index < -0.39 is 10.0 Å². The summed E-state index contributed by atoms with van der Waals surface area (Å²) in [4.78, 5) is 23.4. The molecule has 7 nitrogen and oxygen atoms in total. The van der Waals surface area contributed by atoms with Gasteiger partial charge in [0.1, 0.15) is 0 Å². The van der Waals surface area contributed by atoms with Crippen LogP contribution in [0.4, 0.5) is 5.69 Å². The van der Waals surface area contributed by atoms with E-state index in [1.165, 1.54) is 36.4 Å². The molecule has 138 valence electrons. The van der Waals surface area contributed by atoms with Crippen molar-refractivity contribution in [1.29, 1.82) is 0 Å². The normalized spacial score (nSPS) is 10.8. The minimum atomic E-state index is -3.68. The fraction of sp³-hybridized carbons (Fsp3) is 0.222. The summed E-state index contributed by atoms with van der Waals surface area (Å²) in [6.07, 6.45) is 0.0918. The minimum Gasteiger partial charge on any atom is -0.466 e. The first-order valence-electron chi connectivity index (χ1n) is 8.04. The van der Waals surface area contributed by atoms with Gasteiger partial charge in [0.05, 0.1) is 17.9 Å². The summed E-state index contributed by atoms with van der Waals surface area (Å²) in [5, 5.41) is 2.60. The zero-order valence-corrected chi connectivity index (χ0v) is 15.1. The number of ether oxygens (including phenoxy) is 1. The topological polar surface area (TPSA) is 102 Å². The Morgan fingerprint density at radius 2 is 1.65 bits per heavy atom. The first-order valence-corrected chi connectivity index (χ1v) is 9.52. The molecule has 0 aliphatic heterocycles. The van der Waals surface area contributed by atoms with E-state index in [1.807, 2.05) is 0 Å². The van der Waals surface area contributed by atoms with Crippen LogP contribution in [-0.4, -0.2) is 33.4 Å². The molecule has 0 saturated heterocycles. The third-order valence-electron chi connectivity index (χ3n) is 3.37. The summed E-state index contributed by atoms with van der Waals surface area (Å²) in [6.45, 7) is 2.18. The quantitative estimate of drug-likeness (QED) is 0.688. The van der Waals surface area contributed by atoms with Crippen LogP contribution in [-0.2, 0) is 19.6 Å². The number of carbonyl (C=O) groups is 2. The van der Waals surface area contributed by atoms with Gasteiger partial charge in [-0.25, -0.2) is 8.42 Å². The molecule has 8 heteroatoms. The van der Waals surface area contributed by atoms with E-state index in [4.69, 9.17) is 4.74 Å². The number of carbonyl (C=O) groups excluding carboxylic acids is 2. The van der Waals surface area contributed by atoms with E-state index in [9.17, 15) is 18.0 Å². The second kappa shape index (κ2) is 9.00. The first-order chi connectivity index (χ1) is 12.4. The van der Waals surface area contributed by atoms with Gasteiger partial charge >= 0.3 is 5.97 Å². The Hall–Kier alpha value is -2.87. The van der Waals surface area contributed by atoms with Crippen LogP contribution >= 0.6 is 0 Å². The number of hydrogen-bond donors (Lipinski definition) is 2. The van der Waals surface area contributed by atoms with Gasteiger partial charge in [-0.3, -0.25) is 14.3 Å². The molecule has 0 bridgehead atoms. The Morgan fingerprint density at radius 1 is 1.00 bits per heavy atom. The molecule has 0 radical (unpaired) electrons. The van der Waals surface area contributed by atoms with Crippen molar-refractivity contribution in [3.63, 3.8) is 0 Å². The van der Waals surface area contributed by atoms with Crippen LogP contribution in [0.15, 0.2) is 59.5 Å². The lowest BCUT2D eigenvalue weighted by atomic mass is 10.2. The highest BCUT2D eigenvalue weighted by Crippen LogP contribution is 2.16. The Bertz CT molecular complexity index is 849. The molecule has 0 spiro atoms. The summed E-state index contributed by atoms with van der Waals surface area (Å²) in [5.74, 6) is -0.731. The molecular formula is C18H20N2O5S. The maximum atomic E-state index is 12.2. The number of esters is 1. The van der Waals surface area contributed by atoms with Crippen molar-refractivity contribution in [3.8, 4) is 0 Å². The van der Waals surface area contributed by atoms with Crippen molar-refractivity contribution in [2.75, 3.05) is 17.9 Å². The van der Waals surface area contributed by atoms with Gasteiger partial charge in [0.15, 0.2) is 0 Å². The first kappa shape index (κ1) is 19.5. The second-order valence-electron chi connectivity index (χ2n) is 5.31. The van der Waals surface area contributed by atoms with Crippen LogP contribution in [0.5, 0.6) is 0 Å². The van der Waals surface area contributed by atoms with Gasteiger partial charge in [0, 0.05) is 17.8 Å². The minimum absolute atomic E-state index is 0.0918. The molecule has 0 aliphatic carbocycles. The Kier molecular flexibility index (Phi) is 6.74. The third kappa shape index (κ3) is 5.59. The third-order valence-corrected chi connectivity index (χ3v) is 4.77. The Labute approximate surface area is 152 Å². The number of nitrogens with one attached hydrogen (secondary N) is 2. The molecule has 0 atom stereocenters. The average molecular weight is 376 g/mol. The highest BCUT2D eigenvalue weighted by atomic mass is 32.2. The fourth-order valence-electron chi connectivity index (χ4n) is 2.12. The molecular weight excluding hydrogens is 356 g/mol. The Morgan fingerprint density at radius 3 is 2.27 bits per heavy atom. The van der Waals surface area contributed by atoms with E-state index in [2.05, 4.69) is 10.0 Å². The number of sulfonamides is 1. The maximum Gasteiger partial charge on any atom is 0.307 e. The number of rotatable bonds is 8. The largest absolute Gasteiger partial charge is 0.466 e. The molecule has 0 fully saturated rings. The van der Waals surface area contributed by atoms with Crippen LogP contribution in [0.25, 0.3) is 0 Å². The van der Waals surface area contributed by atoms with Gasteiger partial charge in [-0.1, -0.05) is 18.2 Å². The van der Waals surface area contributed by atoms with Crippen LogP contribution in [0.3, 0.4) is 0 Å². The van der Waals surface area contributed by atoms with Crippen molar-refractivity contribution >= 4 is 27.6 Å². The molecule has 2 aromatic carbocycles. The predicted molar refractivity (Wildman–Crippen MR) is 97.3 cm³/mol. The van der Waals surface area contributed by atoms with Gasteiger partial charge in [-0.15, -0.1) is 0 Å². The van der Waals surface area contributed by atoms with Crippen LogP contribution < -0.4 is 10.0 Å². The van der Waals surface area contributed by atoms with Gasteiger partial charge in [-0.05, 0) is 43.3 Å². The summed E-state index contributed by atoms with van der Waals surface area (Å²) in [6, 6.07) is 14.0. The zero-order chi connectivity index (χ0) is 19.0. The molecule has 0 unspecified atom stereocenters. The van der Waals surface area contributed by atoms with E-state index in [0.717, 1.165) is 0 Å². The van der Waals surface area contributed by atoms with Crippen molar-refractivity contribution in [2.45, 2.75) is 18.2 Å². The fourth-order valence-corrected chi connectivity index (χ4v) is 3.20. The second-order valence-corrected chi connectivity index (χ2v) is 6.99. The molecule has 2 N–H and O–H groups in total. The van der Waals surface area contributed by atoms with Gasteiger partial charge in [-0.2, -0.15) is 0 Å². The molecule has 2 rings (SSSR count). The van der Waals surface area contributed by atoms with Crippen LogP contribution in [0.1, 0.15) is 23.7 Å². The lowest BCUT2D eigenvalue weighted by Crippen LogP contribution is -2.26. The highest BCUT2D eigenvalue weighted by molar-refractivity contribution is 7.92. The lowest BCUT2D eigenvalue weighted by molar-refractivity contribution is -0.142. The highest BCUT2D eigenvalue weighted by Gasteiger charge is 2.14. The maximum absolute atomic E-state index is 12.2. The smallest absolute Gasteiger partial charge is 0.307 e. The average Bonchev–Trinajstić information content (AvgIpc) is 2.63. The molecule has 0 aliphatic rings. The van der Waals surface area contributed by atoms with Crippen LogP contribution in [0.2, 0.25) is 0 Å². The van der Waals surface area contributed by atoms with E-state index in [0.29, 0.717) is 17.9 Å². The van der Waals surface area contributed by atoms with Crippen molar-refractivity contribution < 1.29 is 22.7 Å². The monoisotopic (exact) mass is 376 g/mol. The predicted octanol–water partition coefficient (Wildman–Crippen LogP) is 2.17. The van der Waals surface area contributed by atoms with E-state index in [1.54, 1.807) is 25.1 Å². The van der Waals surface area contributed by atoms with Crippen molar-refractivity contribution in [3.05, 3.63) is 60.2 Å². The van der Waals surface area contributed by atoms with Gasteiger partial charge < -0.3 is 10.1 Å². The summed E-state index contributed by atoms with van der Waals surface area (Å²) in [7, 11) is -3.68. The number of amides is 1. The summed E-state index contributed by atoms with van der Waals surface area (Å²) < 4.78 is 31.7. The number of benzene rings is 2. The molecule has 2 aromatic rings. The molecule has 0 saturated carbocycles. The number of hydrogen-bond acceptors (Lipinski definition) is 5. The van der Waals surface area contributed by atoms with Gasteiger partial charge in [0.2, 0.25) is 0 Å². The zero-order valence-electron chi connectivity index (χ0n) is 14.3. The van der Waals surface area contributed by atoms with Crippen molar-refractivity contribution in [1.82, 2.24) is 5.32 Å². The molecule has 0 heterocycles. The molecule has 1 amide bonds. The van der Waals surface area contributed by atoms with Crippen molar-refractivity contribution in [2.24, 2.45) is 0 Å². The van der Waals surface area contributed by atoms with E-state index in [-0.39, 0.29) is 29.7 Å². The summed E-state index contributed by atoms with van der Waals surface area (Å²) in [5.41, 5.74) is 0.702. The molecule has 26 heavy (non-hydrogen) atoms. The van der Waals surface area contributed by atoms with Gasteiger partial charge in [0.25, 0.3) is 15.9 Å². The SMILES string of the molecule is CCOC(=O)CCNC(=O)c1ccc(NS(=O)(=O)c2ccccc2)cc1. The Balaban J connectivity index is 1.93. The van der Waals surface area contributed by atoms with Crippen LogP contribution in [0, 0.1) is 0 Å². The summed E-state index contributed by atoms with van der Waals surface area (Å²) >= 11 is 0. The number of anilines is 1. The molecule has 0 aromatic heterocycles. The van der Waals surface area contributed by atoms with E-state index >= 15 is 0 Å². The lowest BCUT2D eigenvalue weighted by Gasteiger charge is -2.09.